The van der Waals surface area contributed by atoms with Gasteiger partial charge in [-0.15, -0.1) is 0 Å². The molecule has 0 heterocycles. The summed E-state index contributed by atoms with van der Waals surface area (Å²) in [5, 5.41) is 42.2. The number of carbonyl (C=O) groups excluding carboxylic acids is 3. The van der Waals surface area contributed by atoms with E-state index in [4.69, 9.17) is 10.2 Å². The quantitative estimate of drug-likeness (QED) is 0.178. The van der Waals surface area contributed by atoms with Crippen LogP contribution in [0.4, 0.5) is 5.69 Å². The third kappa shape index (κ3) is 7.59. The second-order valence-corrected chi connectivity index (χ2v) is 10.0. The van der Waals surface area contributed by atoms with Gasteiger partial charge >= 0.3 is 0 Å². The van der Waals surface area contributed by atoms with Crippen LogP contribution in [0.5, 0.6) is 0 Å². The van der Waals surface area contributed by atoms with E-state index in [1.54, 1.807) is 0 Å². The van der Waals surface area contributed by atoms with Crippen LogP contribution in [-0.2, 0) is 4.79 Å². The van der Waals surface area contributed by atoms with Gasteiger partial charge in [-0.3, -0.25) is 14.4 Å². The maximum Gasteiger partial charge on any atom is 0.253 e. The first-order valence-corrected chi connectivity index (χ1v) is 12.9. The van der Waals surface area contributed by atoms with Crippen molar-refractivity contribution in [3.63, 3.8) is 0 Å². The van der Waals surface area contributed by atoms with Crippen LogP contribution in [0, 0.1) is 10.7 Å². The molecule has 3 amide bonds. The lowest BCUT2D eigenvalue weighted by Gasteiger charge is -2.27. The number of halogens is 3. The van der Waals surface area contributed by atoms with Crippen LogP contribution in [0.3, 0.4) is 0 Å². The molecule has 1 aromatic carbocycles. The van der Waals surface area contributed by atoms with Crippen LogP contribution in [-0.4, -0.2) is 83.2 Å². The first-order chi connectivity index (χ1) is 15.0. The molecule has 10 nitrogen and oxygen atoms in total. The molecular weight excluding hydrogens is 763 g/mol. The fourth-order valence-corrected chi connectivity index (χ4v) is 7.39. The number of carbonyl (C=O) groups is 3. The molecule has 6 N–H and O–H groups in total. The third-order valence-electron chi connectivity index (χ3n) is 4.26. The topological polar surface area (TPSA) is 159 Å². The number of benzene rings is 1. The fraction of sp³-hybridized carbons (Fsp3) is 0.526. The summed E-state index contributed by atoms with van der Waals surface area (Å²) in [6.07, 6.45) is -1.64. The van der Waals surface area contributed by atoms with Gasteiger partial charge in [0.1, 0.15) is 0 Å². The van der Waals surface area contributed by atoms with Gasteiger partial charge < -0.3 is 36.0 Å². The van der Waals surface area contributed by atoms with Gasteiger partial charge in [-0.25, -0.2) is 0 Å². The largest absolute Gasteiger partial charge is 0.394 e. The van der Waals surface area contributed by atoms with Crippen molar-refractivity contribution in [2.75, 3.05) is 37.7 Å². The predicted octanol–water partition coefficient (Wildman–Crippen LogP) is 0.429. The number of nitrogens with one attached hydrogen (secondary N) is 2. The first-order valence-electron chi connectivity index (χ1n) is 9.64. The van der Waals surface area contributed by atoms with E-state index in [0.29, 0.717) is 29.4 Å². The third-order valence-corrected chi connectivity index (χ3v) is 7.44. The highest BCUT2D eigenvalue weighted by Crippen LogP contribution is 2.38. The van der Waals surface area contributed by atoms with Crippen molar-refractivity contribution in [1.29, 1.82) is 0 Å². The number of aliphatic hydroxyl groups excluding tert-OH is 4. The Morgan fingerprint density at radius 3 is 1.59 bits per heavy atom. The van der Waals surface area contributed by atoms with Crippen LogP contribution in [0.1, 0.15) is 41.0 Å². The lowest BCUT2D eigenvalue weighted by molar-refractivity contribution is -0.116. The summed E-state index contributed by atoms with van der Waals surface area (Å²) < 4.78 is 1.25. The minimum atomic E-state index is -1.14. The normalized spacial score (nSPS) is 12.8. The zero-order valence-corrected chi connectivity index (χ0v) is 24.0. The number of hydrogen-bond donors (Lipinski definition) is 6. The highest BCUT2D eigenvalue weighted by atomic mass is 127. The van der Waals surface area contributed by atoms with E-state index in [1.165, 1.54) is 11.8 Å². The lowest BCUT2D eigenvalue weighted by atomic mass is 10.1. The standard InChI is InChI=1S/C19H26I3N3O7/c1-3-4-25(9(2)28)17-15(21)12(18(31)23-5-10(29)7-26)14(20)13(16(17)22)19(32)24-6-11(30)8-27/h10-11,26-27,29-30H,3-8H2,1-2H3,(H,23,31)(H,24,32). The second kappa shape index (κ2) is 14.1. The molecule has 0 bridgehead atoms. The molecule has 2 unspecified atom stereocenters. The summed E-state index contributed by atoms with van der Waals surface area (Å²) in [4.78, 5) is 39.9. The number of rotatable bonds is 11. The Balaban J connectivity index is 3.67. The minimum absolute atomic E-state index is 0.155. The van der Waals surface area contributed by atoms with Gasteiger partial charge in [0.05, 0.1) is 49.4 Å². The van der Waals surface area contributed by atoms with Crippen LogP contribution in [0.25, 0.3) is 0 Å². The number of amides is 3. The molecule has 0 fully saturated rings. The summed E-state index contributed by atoms with van der Waals surface area (Å²) in [6, 6.07) is 0. The van der Waals surface area contributed by atoms with Crippen molar-refractivity contribution in [1.82, 2.24) is 10.6 Å². The number of aliphatic hydroxyl groups is 4. The second-order valence-electron chi connectivity index (χ2n) is 6.80. The summed E-state index contributed by atoms with van der Waals surface area (Å²) in [7, 11) is 0. The average molecular weight is 789 g/mol. The molecule has 13 heteroatoms. The first kappa shape index (κ1) is 29.7. The van der Waals surface area contributed by atoms with Crippen molar-refractivity contribution in [2.45, 2.75) is 32.5 Å². The summed E-state index contributed by atoms with van der Waals surface area (Å²) in [6.45, 7) is 2.22. The number of hydrogen-bond acceptors (Lipinski definition) is 7. The van der Waals surface area contributed by atoms with E-state index in [9.17, 15) is 24.6 Å². The Morgan fingerprint density at radius 2 is 1.28 bits per heavy atom. The average Bonchev–Trinajstić information content (AvgIpc) is 2.74. The van der Waals surface area contributed by atoms with Gasteiger partial charge in [0.15, 0.2) is 0 Å². The molecule has 0 saturated carbocycles. The molecule has 0 radical (unpaired) electrons. The molecule has 1 aromatic rings. The molecule has 180 valence electrons. The van der Waals surface area contributed by atoms with Crippen LogP contribution < -0.4 is 15.5 Å². The smallest absolute Gasteiger partial charge is 0.253 e. The summed E-state index contributed by atoms with van der Waals surface area (Å²) >= 11 is 5.79. The lowest BCUT2D eigenvalue weighted by Crippen LogP contribution is -2.38. The molecule has 0 spiro atoms. The van der Waals surface area contributed by atoms with Gasteiger partial charge in [-0.05, 0) is 74.2 Å². The fourth-order valence-electron chi connectivity index (χ4n) is 2.66. The molecular formula is C19H26I3N3O7. The van der Waals surface area contributed by atoms with E-state index in [0.717, 1.165) is 0 Å². The zero-order chi connectivity index (χ0) is 24.6. The number of nitrogens with zero attached hydrogens (tertiary/aromatic N) is 1. The molecule has 1 rings (SSSR count). The Labute approximate surface area is 226 Å². The summed E-state index contributed by atoms with van der Waals surface area (Å²) in [5.74, 6) is -1.41. The van der Waals surface area contributed by atoms with E-state index < -0.39 is 37.2 Å². The predicted molar refractivity (Wildman–Crippen MR) is 144 cm³/mol. The SMILES string of the molecule is CCCN(C(C)=O)c1c(I)c(C(=O)NCC(O)CO)c(I)c(C(=O)NCC(O)CO)c1I. The van der Waals surface area contributed by atoms with E-state index in [1.807, 2.05) is 74.7 Å². The summed E-state index contributed by atoms with van der Waals surface area (Å²) in [5.41, 5.74) is 0.727. The van der Waals surface area contributed by atoms with Gasteiger partial charge in [0.2, 0.25) is 5.91 Å². The Kier molecular flexibility index (Phi) is 13.1. The van der Waals surface area contributed by atoms with E-state index >= 15 is 0 Å². The monoisotopic (exact) mass is 789 g/mol. The highest BCUT2D eigenvalue weighted by molar-refractivity contribution is 14.1. The Hall–Kier alpha value is -0.340. The molecule has 32 heavy (non-hydrogen) atoms. The maximum absolute atomic E-state index is 13.0. The molecule has 0 aliphatic carbocycles. The maximum atomic E-state index is 13.0. The van der Waals surface area contributed by atoms with Crippen LogP contribution in [0.2, 0.25) is 0 Å². The Morgan fingerprint density at radius 1 is 0.875 bits per heavy atom. The van der Waals surface area contributed by atoms with Crippen molar-refractivity contribution < 1.29 is 34.8 Å². The van der Waals surface area contributed by atoms with Gasteiger partial charge in [0.25, 0.3) is 11.8 Å². The van der Waals surface area contributed by atoms with E-state index in [2.05, 4.69) is 10.6 Å². The van der Waals surface area contributed by atoms with E-state index in [-0.39, 0.29) is 30.1 Å². The van der Waals surface area contributed by atoms with Gasteiger partial charge in [0, 0.05) is 30.1 Å². The van der Waals surface area contributed by atoms with Gasteiger partial charge in [-0.1, -0.05) is 6.92 Å². The molecule has 0 aliphatic rings. The molecule has 0 aliphatic heterocycles. The van der Waals surface area contributed by atoms with Crippen LogP contribution in [0.15, 0.2) is 0 Å². The van der Waals surface area contributed by atoms with Crippen LogP contribution >= 0.6 is 67.8 Å². The van der Waals surface area contributed by atoms with Gasteiger partial charge in [-0.2, -0.15) is 0 Å². The Bertz CT molecular complexity index is 801. The van der Waals surface area contributed by atoms with Crippen molar-refractivity contribution >= 4 is 91.2 Å². The van der Waals surface area contributed by atoms with Crippen molar-refractivity contribution in [2.24, 2.45) is 0 Å². The molecule has 0 saturated heterocycles. The van der Waals surface area contributed by atoms with Crippen molar-refractivity contribution in [3.05, 3.63) is 21.8 Å². The zero-order valence-electron chi connectivity index (χ0n) is 17.5. The highest BCUT2D eigenvalue weighted by Gasteiger charge is 2.31. The number of anilines is 1. The molecule has 2 atom stereocenters. The molecule has 0 aromatic heterocycles. The minimum Gasteiger partial charge on any atom is -0.394 e. The van der Waals surface area contributed by atoms with Crippen molar-refractivity contribution in [3.8, 4) is 0 Å².